The molecule has 1 aromatic rings. The lowest BCUT2D eigenvalue weighted by molar-refractivity contribution is -0.129. The van der Waals surface area contributed by atoms with Crippen LogP contribution in [0.25, 0.3) is 0 Å². The maximum atomic E-state index is 12.0. The lowest BCUT2D eigenvalue weighted by Gasteiger charge is -2.24. The fourth-order valence-electron chi connectivity index (χ4n) is 1.80. The molecule has 0 aliphatic heterocycles. The fourth-order valence-corrected chi connectivity index (χ4v) is 1.99. The number of aromatic nitrogens is 2. The first-order valence-corrected chi connectivity index (χ1v) is 6.52. The number of halogens is 1. The predicted molar refractivity (Wildman–Crippen MR) is 74.2 cm³/mol. The molecule has 0 saturated heterocycles. The molecule has 1 N–H and O–H groups in total. The number of amides is 1. The van der Waals surface area contributed by atoms with Crippen molar-refractivity contribution in [1.82, 2.24) is 14.9 Å². The molecule has 0 fully saturated rings. The van der Waals surface area contributed by atoms with Crippen LogP contribution in [0.4, 0.5) is 5.82 Å². The minimum Gasteiger partial charge on any atom is -0.391 e. The van der Waals surface area contributed by atoms with Crippen molar-refractivity contribution < 1.29 is 9.90 Å². The normalized spacial score (nSPS) is 10.4. The van der Waals surface area contributed by atoms with E-state index in [0.717, 1.165) is 0 Å². The molecule has 6 nitrogen and oxygen atoms in total. The Morgan fingerprint density at radius 3 is 2.53 bits per heavy atom. The SMILES string of the molecule is CCN(CC)C(=O)CN(C)c1ncnc(Cl)c1CO. The van der Waals surface area contributed by atoms with E-state index in [9.17, 15) is 9.90 Å². The largest absolute Gasteiger partial charge is 0.391 e. The van der Waals surface area contributed by atoms with Gasteiger partial charge < -0.3 is 14.9 Å². The third-order valence-corrected chi connectivity index (χ3v) is 3.20. The highest BCUT2D eigenvalue weighted by Crippen LogP contribution is 2.22. The molecule has 0 aliphatic carbocycles. The maximum absolute atomic E-state index is 12.0. The van der Waals surface area contributed by atoms with Gasteiger partial charge in [0, 0.05) is 20.1 Å². The van der Waals surface area contributed by atoms with Crippen LogP contribution in [0.1, 0.15) is 19.4 Å². The van der Waals surface area contributed by atoms with E-state index in [1.165, 1.54) is 6.33 Å². The molecule has 0 atom stereocenters. The van der Waals surface area contributed by atoms with Crippen molar-refractivity contribution in [3.05, 3.63) is 17.0 Å². The summed E-state index contributed by atoms with van der Waals surface area (Å²) in [5.74, 6) is 0.481. The smallest absolute Gasteiger partial charge is 0.242 e. The third-order valence-electron chi connectivity index (χ3n) is 2.88. The van der Waals surface area contributed by atoms with Gasteiger partial charge in [-0.05, 0) is 13.8 Å². The Balaban J connectivity index is 2.86. The molecule has 7 heteroatoms. The van der Waals surface area contributed by atoms with Crippen molar-refractivity contribution in [3.8, 4) is 0 Å². The summed E-state index contributed by atoms with van der Waals surface area (Å²) < 4.78 is 0. The molecule has 1 rings (SSSR count). The lowest BCUT2D eigenvalue weighted by Crippen LogP contribution is -2.39. The van der Waals surface area contributed by atoms with E-state index >= 15 is 0 Å². The van der Waals surface area contributed by atoms with Gasteiger partial charge in [0.15, 0.2) is 0 Å². The molecule has 1 amide bonds. The van der Waals surface area contributed by atoms with Crippen molar-refractivity contribution in [2.45, 2.75) is 20.5 Å². The van der Waals surface area contributed by atoms with Gasteiger partial charge in [-0.25, -0.2) is 9.97 Å². The van der Waals surface area contributed by atoms with Crippen LogP contribution in [-0.2, 0) is 11.4 Å². The van der Waals surface area contributed by atoms with E-state index in [2.05, 4.69) is 9.97 Å². The zero-order valence-electron chi connectivity index (χ0n) is 11.4. The molecular weight excluding hydrogens is 268 g/mol. The second-order valence-electron chi connectivity index (χ2n) is 4.05. The number of hydrogen-bond acceptors (Lipinski definition) is 5. The molecule has 19 heavy (non-hydrogen) atoms. The Morgan fingerprint density at radius 1 is 1.37 bits per heavy atom. The van der Waals surface area contributed by atoms with Gasteiger partial charge in [0.2, 0.25) is 5.91 Å². The van der Waals surface area contributed by atoms with Crippen molar-refractivity contribution in [3.63, 3.8) is 0 Å². The standard InChI is InChI=1S/C12H19ClN4O2/c1-4-17(5-2)10(19)6-16(3)12-9(7-18)11(13)14-8-15-12/h8,18H,4-7H2,1-3H3. The summed E-state index contributed by atoms with van der Waals surface area (Å²) in [7, 11) is 1.74. The van der Waals surface area contributed by atoms with Crippen molar-refractivity contribution in [2.75, 3.05) is 31.6 Å². The average molecular weight is 287 g/mol. The van der Waals surface area contributed by atoms with E-state index in [-0.39, 0.29) is 24.2 Å². The van der Waals surface area contributed by atoms with Crippen molar-refractivity contribution in [1.29, 1.82) is 0 Å². The molecule has 0 bridgehead atoms. The van der Waals surface area contributed by atoms with Crippen molar-refractivity contribution >= 4 is 23.3 Å². The molecule has 1 aromatic heterocycles. The predicted octanol–water partition coefficient (Wildman–Crippen LogP) is 0.927. The number of aliphatic hydroxyl groups is 1. The number of anilines is 1. The highest BCUT2D eigenvalue weighted by atomic mass is 35.5. The summed E-state index contributed by atoms with van der Waals surface area (Å²) in [5, 5.41) is 9.50. The molecule has 106 valence electrons. The highest BCUT2D eigenvalue weighted by molar-refractivity contribution is 6.30. The number of aliphatic hydroxyl groups excluding tert-OH is 1. The first-order valence-electron chi connectivity index (χ1n) is 6.14. The van der Waals surface area contributed by atoms with Gasteiger partial charge in [-0.15, -0.1) is 0 Å². The van der Waals surface area contributed by atoms with Crippen LogP contribution in [0.2, 0.25) is 5.15 Å². The van der Waals surface area contributed by atoms with Crippen LogP contribution in [0, 0.1) is 0 Å². The van der Waals surface area contributed by atoms with Gasteiger partial charge in [0.05, 0.1) is 18.7 Å². The van der Waals surface area contributed by atoms with Crippen molar-refractivity contribution in [2.24, 2.45) is 0 Å². The van der Waals surface area contributed by atoms with Crippen LogP contribution in [0.5, 0.6) is 0 Å². The fraction of sp³-hybridized carbons (Fsp3) is 0.583. The molecule has 0 saturated carbocycles. The summed E-state index contributed by atoms with van der Waals surface area (Å²) in [6.45, 7) is 5.12. The monoisotopic (exact) mass is 286 g/mol. The average Bonchev–Trinajstić information content (AvgIpc) is 2.39. The quantitative estimate of drug-likeness (QED) is 0.788. The van der Waals surface area contributed by atoms with E-state index in [1.807, 2.05) is 13.8 Å². The van der Waals surface area contributed by atoms with Crippen LogP contribution in [0.15, 0.2) is 6.33 Å². The summed E-state index contributed by atoms with van der Waals surface area (Å²) in [5.41, 5.74) is 0.430. The number of carbonyl (C=O) groups excluding carboxylic acids is 1. The maximum Gasteiger partial charge on any atom is 0.242 e. The summed E-state index contributed by atoms with van der Waals surface area (Å²) in [6, 6.07) is 0. The van der Waals surface area contributed by atoms with Gasteiger partial charge >= 0.3 is 0 Å². The Hall–Kier alpha value is -1.40. The zero-order chi connectivity index (χ0) is 14.4. The second-order valence-corrected chi connectivity index (χ2v) is 4.40. The van der Waals surface area contributed by atoms with E-state index in [1.54, 1.807) is 16.8 Å². The minimum absolute atomic E-state index is 0.00567. The third kappa shape index (κ3) is 3.78. The van der Waals surface area contributed by atoms with Gasteiger partial charge in [-0.3, -0.25) is 4.79 Å². The Kier molecular flexibility index (Phi) is 5.98. The molecule has 0 unspecified atom stereocenters. The number of rotatable bonds is 6. The van der Waals surface area contributed by atoms with E-state index < -0.39 is 0 Å². The van der Waals surface area contributed by atoms with Crippen LogP contribution < -0.4 is 4.90 Å². The molecular formula is C12H19ClN4O2. The minimum atomic E-state index is -0.265. The molecule has 0 radical (unpaired) electrons. The first-order chi connectivity index (χ1) is 9.04. The summed E-state index contributed by atoms with van der Waals surface area (Å²) in [6.07, 6.45) is 1.31. The van der Waals surface area contributed by atoms with E-state index in [4.69, 9.17) is 11.6 Å². The number of likely N-dealkylation sites (N-methyl/N-ethyl adjacent to an activating group) is 2. The second kappa shape index (κ2) is 7.25. The van der Waals surface area contributed by atoms with Gasteiger partial charge in [0.1, 0.15) is 17.3 Å². The number of nitrogens with zero attached hydrogens (tertiary/aromatic N) is 4. The summed E-state index contributed by atoms with van der Waals surface area (Å²) in [4.78, 5) is 23.3. The Morgan fingerprint density at radius 2 is 2.00 bits per heavy atom. The molecule has 1 heterocycles. The lowest BCUT2D eigenvalue weighted by atomic mass is 10.3. The summed E-state index contributed by atoms with van der Waals surface area (Å²) >= 11 is 5.89. The van der Waals surface area contributed by atoms with Gasteiger partial charge in [-0.2, -0.15) is 0 Å². The zero-order valence-corrected chi connectivity index (χ0v) is 12.2. The van der Waals surface area contributed by atoms with E-state index in [0.29, 0.717) is 24.5 Å². The van der Waals surface area contributed by atoms with Crippen LogP contribution in [-0.4, -0.2) is 52.6 Å². The highest BCUT2D eigenvalue weighted by Gasteiger charge is 2.17. The van der Waals surface area contributed by atoms with Crippen LogP contribution >= 0.6 is 11.6 Å². The van der Waals surface area contributed by atoms with Crippen LogP contribution in [0.3, 0.4) is 0 Å². The first kappa shape index (κ1) is 15.7. The number of carbonyl (C=O) groups is 1. The Bertz CT molecular complexity index is 438. The number of hydrogen-bond donors (Lipinski definition) is 1. The topological polar surface area (TPSA) is 69.6 Å². The molecule has 0 spiro atoms. The molecule has 0 aromatic carbocycles. The molecule has 0 aliphatic rings. The van der Waals surface area contributed by atoms with Gasteiger partial charge in [0.25, 0.3) is 0 Å². The Labute approximate surface area is 118 Å². The van der Waals surface area contributed by atoms with Gasteiger partial charge in [-0.1, -0.05) is 11.6 Å².